The summed E-state index contributed by atoms with van der Waals surface area (Å²) < 4.78 is 15.6. The molecule has 4 nitrogen and oxygen atoms in total. The molecule has 1 rings (SSSR count). The maximum Gasteiger partial charge on any atom is 0.337 e. The van der Waals surface area contributed by atoms with Crippen LogP contribution in [0.2, 0.25) is 0 Å². The van der Waals surface area contributed by atoms with E-state index < -0.39 is 0 Å². The summed E-state index contributed by atoms with van der Waals surface area (Å²) >= 11 is 0. The van der Waals surface area contributed by atoms with Crippen molar-refractivity contribution in [2.75, 3.05) is 26.9 Å². The molecule has 1 aromatic carbocycles. The Balaban J connectivity index is 2.32. The number of carbonyl (C=O) groups excluding carboxylic acids is 1. The molecule has 0 amide bonds. The van der Waals surface area contributed by atoms with Gasteiger partial charge in [-0.05, 0) is 57.0 Å². The first-order valence-electron chi connectivity index (χ1n) is 7.22. The van der Waals surface area contributed by atoms with Gasteiger partial charge in [0, 0.05) is 13.2 Å². The van der Waals surface area contributed by atoms with E-state index >= 15 is 0 Å². The number of esters is 1. The monoisotopic (exact) mass is 292 g/mol. The van der Waals surface area contributed by atoms with Crippen LogP contribution in [0.1, 0.15) is 37.0 Å². The average molecular weight is 292 g/mol. The van der Waals surface area contributed by atoms with Crippen molar-refractivity contribution in [3.8, 4) is 5.75 Å². The van der Waals surface area contributed by atoms with E-state index in [2.05, 4.69) is 17.7 Å². The minimum atomic E-state index is -0.341. The van der Waals surface area contributed by atoms with Gasteiger partial charge in [0.25, 0.3) is 0 Å². The molecular formula is C17H24O4. The van der Waals surface area contributed by atoms with Crippen molar-refractivity contribution in [3.63, 3.8) is 0 Å². The van der Waals surface area contributed by atoms with E-state index in [4.69, 9.17) is 9.47 Å². The molecule has 1 aromatic rings. The van der Waals surface area contributed by atoms with Gasteiger partial charge in [-0.25, -0.2) is 4.79 Å². The molecule has 0 saturated heterocycles. The summed E-state index contributed by atoms with van der Waals surface area (Å²) in [7, 11) is 1.37. The molecular weight excluding hydrogens is 268 g/mol. The van der Waals surface area contributed by atoms with Crippen molar-refractivity contribution in [2.45, 2.75) is 26.7 Å². The van der Waals surface area contributed by atoms with Crippen LogP contribution in [-0.4, -0.2) is 32.9 Å². The number of allylic oxidation sites excluding steroid dienone is 1. The van der Waals surface area contributed by atoms with Crippen LogP contribution in [0.4, 0.5) is 0 Å². The van der Waals surface area contributed by atoms with Crippen LogP contribution in [0.5, 0.6) is 5.75 Å². The number of benzene rings is 1. The summed E-state index contributed by atoms with van der Waals surface area (Å²) in [6, 6.07) is 6.93. The molecule has 0 saturated carbocycles. The SMILES string of the molecule is CCOCCCC(C)=CCOc1ccc(C(=O)OC)cc1. The highest BCUT2D eigenvalue weighted by atomic mass is 16.5. The van der Waals surface area contributed by atoms with E-state index in [0.29, 0.717) is 12.2 Å². The standard InChI is InChI=1S/C17H24O4/c1-4-20-12-5-6-14(2)11-13-21-16-9-7-15(8-10-16)17(18)19-3/h7-11H,4-6,12-13H2,1-3H3. The Hall–Kier alpha value is -1.81. The Morgan fingerprint density at radius 1 is 1.24 bits per heavy atom. The first-order chi connectivity index (χ1) is 10.2. The fourth-order valence-electron chi connectivity index (χ4n) is 1.78. The Morgan fingerprint density at radius 2 is 1.95 bits per heavy atom. The lowest BCUT2D eigenvalue weighted by molar-refractivity contribution is 0.0600. The van der Waals surface area contributed by atoms with Gasteiger partial charge >= 0.3 is 5.97 Å². The minimum absolute atomic E-state index is 0.341. The van der Waals surface area contributed by atoms with E-state index in [1.54, 1.807) is 24.3 Å². The highest BCUT2D eigenvalue weighted by molar-refractivity contribution is 5.89. The van der Waals surface area contributed by atoms with Crippen LogP contribution >= 0.6 is 0 Å². The molecule has 0 aliphatic heterocycles. The molecule has 116 valence electrons. The zero-order valence-corrected chi connectivity index (χ0v) is 13.1. The molecule has 21 heavy (non-hydrogen) atoms. The fraction of sp³-hybridized carbons (Fsp3) is 0.471. The van der Waals surface area contributed by atoms with E-state index in [-0.39, 0.29) is 5.97 Å². The highest BCUT2D eigenvalue weighted by Gasteiger charge is 2.04. The molecule has 0 aliphatic carbocycles. The molecule has 0 aromatic heterocycles. The van der Waals surface area contributed by atoms with Gasteiger partial charge in [-0.15, -0.1) is 0 Å². The third-order valence-corrected chi connectivity index (χ3v) is 3.02. The second-order valence-corrected chi connectivity index (χ2v) is 4.68. The van der Waals surface area contributed by atoms with Gasteiger partial charge in [-0.2, -0.15) is 0 Å². The summed E-state index contributed by atoms with van der Waals surface area (Å²) in [5.74, 6) is 0.396. The van der Waals surface area contributed by atoms with Crippen LogP contribution in [0.15, 0.2) is 35.9 Å². The van der Waals surface area contributed by atoms with Gasteiger partial charge in [-0.3, -0.25) is 0 Å². The highest BCUT2D eigenvalue weighted by Crippen LogP contribution is 2.13. The summed E-state index contributed by atoms with van der Waals surface area (Å²) in [4.78, 5) is 11.3. The number of rotatable bonds is 9. The normalized spacial score (nSPS) is 11.3. The molecule has 0 bridgehead atoms. The maximum atomic E-state index is 11.3. The summed E-state index contributed by atoms with van der Waals surface area (Å²) in [5, 5.41) is 0. The zero-order valence-electron chi connectivity index (χ0n) is 13.1. The van der Waals surface area contributed by atoms with E-state index in [1.165, 1.54) is 12.7 Å². The van der Waals surface area contributed by atoms with Crippen LogP contribution in [0, 0.1) is 0 Å². The molecule has 0 aliphatic rings. The Bertz CT molecular complexity index is 448. The van der Waals surface area contributed by atoms with Crippen molar-refractivity contribution in [3.05, 3.63) is 41.5 Å². The molecule has 0 unspecified atom stereocenters. The Morgan fingerprint density at radius 3 is 2.57 bits per heavy atom. The van der Waals surface area contributed by atoms with Gasteiger partial charge in [0.15, 0.2) is 0 Å². The molecule has 0 fully saturated rings. The van der Waals surface area contributed by atoms with Gasteiger partial charge in [0.2, 0.25) is 0 Å². The molecule has 0 spiro atoms. The number of hydrogen-bond donors (Lipinski definition) is 0. The second-order valence-electron chi connectivity index (χ2n) is 4.68. The lowest BCUT2D eigenvalue weighted by atomic mass is 10.1. The number of methoxy groups -OCH3 is 1. The van der Waals surface area contributed by atoms with Crippen LogP contribution < -0.4 is 4.74 Å². The topological polar surface area (TPSA) is 44.8 Å². The smallest absolute Gasteiger partial charge is 0.337 e. The minimum Gasteiger partial charge on any atom is -0.490 e. The quantitative estimate of drug-likeness (QED) is 0.396. The van der Waals surface area contributed by atoms with Gasteiger partial charge in [0.1, 0.15) is 12.4 Å². The van der Waals surface area contributed by atoms with Gasteiger partial charge in [0.05, 0.1) is 12.7 Å². The first-order valence-corrected chi connectivity index (χ1v) is 7.22. The van der Waals surface area contributed by atoms with Crippen LogP contribution in [-0.2, 0) is 9.47 Å². The molecule has 0 radical (unpaired) electrons. The fourth-order valence-corrected chi connectivity index (χ4v) is 1.78. The number of carbonyl (C=O) groups is 1. The lowest BCUT2D eigenvalue weighted by Gasteiger charge is -2.06. The summed E-state index contributed by atoms with van der Waals surface area (Å²) in [6.45, 7) is 6.20. The summed E-state index contributed by atoms with van der Waals surface area (Å²) in [6.07, 6.45) is 4.12. The predicted octanol–water partition coefficient (Wildman–Crippen LogP) is 3.62. The van der Waals surface area contributed by atoms with Crippen molar-refractivity contribution in [1.29, 1.82) is 0 Å². The summed E-state index contributed by atoms with van der Waals surface area (Å²) in [5.41, 5.74) is 1.81. The molecule has 0 heterocycles. The molecule has 0 atom stereocenters. The Labute approximate surface area is 126 Å². The Kier molecular flexibility index (Phi) is 8.21. The van der Waals surface area contributed by atoms with Gasteiger partial charge in [-0.1, -0.05) is 5.57 Å². The van der Waals surface area contributed by atoms with Crippen molar-refractivity contribution in [1.82, 2.24) is 0 Å². The number of hydrogen-bond acceptors (Lipinski definition) is 4. The van der Waals surface area contributed by atoms with E-state index in [0.717, 1.165) is 31.8 Å². The maximum absolute atomic E-state index is 11.3. The lowest BCUT2D eigenvalue weighted by Crippen LogP contribution is -2.01. The van der Waals surface area contributed by atoms with Crippen molar-refractivity contribution >= 4 is 5.97 Å². The second kappa shape index (κ2) is 10.00. The van der Waals surface area contributed by atoms with Crippen molar-refractivity contribution in [2.24, 2.45) is 0 Å². The average Bonchev–Trinajstić information content (AvgIpc) is 2.51. The van der Waals surface area contributed by atoms with Crippen LogP contribution in [0.3, 0.4) is 0 Å². The largest absolute Gasteiger partial charge is 0.490 e. The van der Waals surface area contributed by atoms with E-state index in [1.807, 2.05) is 6.92 Å². The first kappa shape index (κ1) is 17.2. The predicted molar refractivity (Wildman–Crippen MR) is 82.8 cm³/mol. The van der Waals surface area contributed by atoms with Crippen molar-refractivity contribution < 1.29 is 19.0 Å². The third-order valence-electron chi connectivity index (χ3n) is 3.02. The molecule has 4 heteroatoms. The third kappa shape index (κ3) is 6.95. The molecule has 0 N–H and O–H groups in total. The zero-order chi connectivity index (χ0) is 15.5. The number of ether oxygens (including phenoxy) is 3. The van der Waals surface area contributed by atoms with Crippen LogP contribution in [0.25, 0.3) is 0 Å². The van der Waals surface area contributed by atoms with E-state index in [9.17, 15) is 4.79 Å². The van der Waals surface area contributed by atoms with Gasteiger partial charge < -0.3 is 14.2 Å².